The highest BCUT2D eigenvalue weighted by molar-refractivity contribution is 7.86. The Labute approximate surface area is 136 Å². The second-order valence-corrected chi connectivity index (χ2v) is 7.94. The molecule has 0 unspecified atom stereocenters. The van der Waals surface area contributed by atoms with Gasteiger partial charge in [0.2, 0.25) is 5.91 Å². The van der Waals surface area contributed by atoms with Gasteiger partial charge in [-0.05, 0) is 18.9 Å². The Morgan fingerprint density at radius 2 is 2.09 bits per heavy atom. The number of nitrogens with one attached hydrogen (secondary N) is 1. The van der Waals surface area contributed by atoms with Crippen LogP contribution in [0.5, 0.6) is 0 Å². The van der Waals surface area contributed by atoms with Gasteiger partial charge in [0.1, 0.15) is 5.82 Å². The predicted molar refractivity (Wildman–Crippen MR) is 85.2 cm³/mol. The summed E-state index contributed by atoms with van der Waals surface area (Å²) in [6.07, 6.45) is 1.26. The molecular formula is C15H22FN3O3S. The summed E-state index contributed by atoms with van der Waals surface area (Å²) in [7, 11) is -0.575. The SMILES string of the molecule is CN(C)S(=O)(=O)N1CCC[C@H](C(=O)NCc2ccccc2F)C1. The van der Waals surface area contributed by atoms with Crippen molar-refractivity contribution in [2.75, 3.05) is 27.2 Å². The van der Waals surface area contributed by atoms with Crippen LogP contribution >= 0.6 is 0 Å². The number of halogens is 1. The number of rotatable bonds is 5. The van der Waals surface area contributed by atoms with Crippen molar-refractivity contribution in [2.24, 2.45) is 5.92 Å². The van der Waals surface area contributed by atoms with Crippen molar-refractivity contribution >= 4 is 16.1 Å². The second-order valence-electron chi connectivity index (χ2n) is 5.80. The molecule has 1 fully saturated rings. The predicted octanol–water partition coefficient (Wildman–Crippen LogP) is 0.960. The minimum absolute atomic E-state index is 0.0996. The zero-order valence-corrected chi connectivity index (χ0v) is 14.1. The minimum atomic E-state index is -3.51. The average Bonchev–Trinajstić information content (AvgIpc) is 2.53. The fraction of sp³-hybridized carbons (Fsp3) is 0.533. The van der Waals surface area contributed by atoms with Crippen molar-refractivity contribution in [1.82, 2.24) is 13.9 Å². The summed E-state index contributed by atoms with van der Waals surface area (Å²) in [6, 6.07) is 6.25. The van der Waals surface area contributed by atoms with E-state index in [1.165, 1.54) is 24.5 Å². The molecule has 6 nitrogen and oxygen atoms in total. The summed E-state index contributed by atoms with van der Waals surface area (Å²) in [5.74, 6) is -1.02. The lowest BCUT2D eigenvalue weighted by Gasteiger charge is -2.32. The molecule has 0 aliphatic carbocycles. The fourth-order valence-electron chi connectivity index (χ4n) is 2.57. The van der Waals surface area contributed by atoms with E-state index in [9.17, 15) is 17.6 Å². The summed E-state index contributed by atoms with van der Waals surface area (Å²) in [5, 5.41) is 2.70. The number of hydrogen-bond donors (Lipinski definition) is 1. The van der Waals surface area contributed by atoms with Gasteiger partial charge in [-0.2, -0.15) is 17.0 Å². The van der Waals surface area contributed by atoms with Gasteiger partial charge in [-0.3, -0.25) is 4.79 Å². The summed E-state index contributed by atoms with van der Waals surface area (Å²) in [4.78, 5) is 12.3. The van der Waals surface area contributed by atoms with E-state index in [4.69, 9.17) is 0 Å². The Morgan fingerprint density at radius 3 is 2.74 bits per heavy atom. The number of amides is 1. The summed E-state index contributed by atoms with van der Waals surface area (Å²) >= 11 is 0. The first kappa shape index (κ1) is 17.8. The van der Waals surface area contributed by atoms with E-state index >= 15 is 0 Å². The van der Waals surface area contributed by atoms with Crippen LogP contribution in [0.1, 0.15) is 18.4 Å². The zero-order valence-electron chi connectivity index (χ0n) is 13.3. The van der Waals surface area contributed by atoms with Gasteiger partial charge >= 0.3 is 0 Å². The van der Waals surface area contributed by atoms with Gasteiger partial charge in [0.25, 0.3) is 10.2 Å². The molecule has 1 N–H and O–H groups in total. The van der Waals surface area contributed by atoms with Crippen molar-refractivity contribution < 1.29 is 17.6 Å². The van der Waals surface area contributed by atoms with Crippen molar-refractivity contribution in [2.45, 2.75) is 19.4 Å². The van der Waals surface area contributed by atoms with Crippen LogP contribution in [-0.4, -0.2) is 50.1 Å². The lowest BCUT2D eigenvalue weighted by Crippen LogP contribution is -2.48. The molecule has 1 amide bonds. The monoisotopic (exact) mass is 343 g/mol. The third kappa shape index (κ3) is 4.27. The highest BCUT2D eigenvalue weighted by Gasteiger charge is 2.33. The van der Waals surface area contributed by atoms with Crippen molar-refractivity contribution in [3.05, 3.63) is 35.6 Å². The molecule has 0 spiro atoms. The molecule has 0 aromatic heterocycles. The molecular weight excluding hydrogens is 321 g/mol. The van der Waals surface area contributed by atoms with E-state index in [0.717, 1.165) is 4.31 Å². The van der Waals surface area contributed by atoms with Gasteiger partial charge in [-0.25, -0.2) is 4.39 Å². The molecule has 2 rings (SSSR count). The van der Waals surface area contributed by atoms with Gasteiger partial charge in [0.15, 0.2) is 0 Å². The lowest BCUT2D eigenvalue weighted by molar-refractivity contribution is -0.126. The molecule has 0 radical (unpaired) electrons. The Bertz CT molecular complexity index is 664. The Kier molecular flexibility index (Phi) is 5.72. The van der Waals surface area contributed by atoms with E-state index in [0.29, 0.717) is 24.9 Å². The molecule has 128 valence electrons. The summed E-state index contributed by atoms with van der Waals surface area (Å²) in [5.41, 5.74) is 0.412. The van der Waals surface area contributed by atoms with Crippen LogP contribution in [0.15, 0.2) is 24.3 Å². The standard InChI is InChI=1S/C15H22FN3O3S/c1-18(2)23(21,22)19-9-5-7-13(11-19)15(20)17-10-12-6-3-4-8-14(12)16/h3-4,6,8,13H,5,7,9-11H2,1-2H3,(H,17,20)/t13-/m0/s1. The first-order valence-electron chi connectivity index (χ1n) is 7.51. The third-order valence-electron chi connectivity index (χ3n) is 3.95. The third-order valence-corrected chi connectivity index (χ3v) is 5.86. The second kappa shape index (κ2) is 7.37. The number of carbonyl (C=O) groups is 1. The molecule has 23 heavy (non-hydrogen) atoms. The van der Waals surface area contributed by atoms with Gasteiger partial charge in [-0.15, -0.1) is 0 Å². The van der Waals surface area contributed by atoms with Gasteiger partial charge in [0, 0.05) is 39.3 Å². The van der Waals surface area contributed by atoms with Crippen molar-refractivity contribution in [1.29, 1.82) is 0 Å². The van der Waals surface area contributed by atoms with Crippen LogP contribution in [0.4, 0.5) is 4.39 Å². The molecule has 0 bridgehead atoms. The van der Waals surface area contributed by atoms with Crippen LogP contribution in [0.2, 0.25) is 0 Å². The van der Waals surface area contributed by atoms with Crippen LogP contribution in [-0.2, 0) is 21.5 Å². The first-order valence-corrected chi connectivity index (χ1v) is 8.91. The number of piperidine rings is 1. The smallest absolute Gasteiger partial charge is 0.281 e. The Balaban J connectivity index is 1.96. The van der Waals surface area contributed by atoms with Crippen LogP contribution in [0.25, 0.3) is 0 Å². The highest BCUT2D eigenvalue weighted by atomic mass is 32.2. The maximum atomic E-state index is 13.5. The first-order chi connectivity index (χ1) is 10.8. The average molecular weight is 343 g/mol. The topological polar surface area (TPSA) is 69.7 Å². The Morgan fingerprint density at radius 1 is 1.39 bits per heavy atom. The molecule has 1 aliphatic heterocycles. The van der Waals surface area contributed by atoms with Gasteiger partial charge in [-0.1, -0.05) is 18.2 Å². The molecule has 1 heterocycles. The maximum absolute atomic E-state index is 13.5. The molecule has 1 aromatic rings. The Hall–Kier alpha value is -1.51. The van der Waals surface area contributed by atoms with E-state index in [2.05, 4.69) is 5.32 Å². The largest absolute Gasteiger partial charge is 0.352 e. The molecule has 1 saturated heterocycles. The molecule has 1 aromatic carbocycles. The molecule has 1 atom stereocenters. The fourth-order valence-corrected chi connectivity index (χ4v) is 3.76. The van der Waals surface area contributed by atoms with Crippen molar-refractivity contribution in [3.63, 3.8) is 0 Å². The van der Waals surface area contributed by atoms with Crippen LogP contribution in [0, 0.1) is 11.7 Å². The van der Waals surface area contributed by atoms with Crippen LogP contribution in [0.3, 0.4) is 0 Å². The minimum Gasteiger partial charge on any atom is -0.352 e. The van der Waals surface area contributed by atoms with E-state index < -0.39 is 16.1 Å². The summed E-state index contributed by atoms with van der Waals surface area (Å²) < 4.78 is 40.3. The lowest BCUT2D eigenvalue weighted by atomic mass is 9.99. The number of benzene rings is 1. The van der Waals surface area contributed by atoms with Gasteiger partial charge in [0.05, 0.1) is 5.92 Å². The normalized spacial score (nSPS) is 19.7. The van der Waals surface area contributed by atoms with E-state index in [1.54, 1.807) is 18.2 Å². The van der Waals surface area contributed by atoms with Crippen molar-refractivity contribution in [3.8, 4) is 0 Å². The number of hydrogen-bond acceptors (Lipinski definition) is 3. The highest BCUT2D eigenvalue weighted by Crippen LogP contribution is 2.20. The van der Waals surface area contributed by atoms with E-state index in [-0.39, 0.29) is 24.8 Å². The zero-order chi connectivity index (χ0) is 17.0. The maximum Gasteiger partial charge on any atom is 0.281 e. The quantitative estimate of drug-likeness (QED) is 0.866. The van der Waals surface area contributed by atoms with Crippen LogP contribution < -0.4 is 5.32 Å². The number of nitrogens with zero attached hydrogens (tertiary/aromatic N) is 2. The number of carbonyl (C=O) groups excluding carboxylic acids is 1. The summed E-state index contributed by atoms with van der Waals surface area (Å²) in [6.45, 7) is 0.670. The molecule has 8 heteroatoms. The molecule has 0 saturated carbocycles. The van der Waals surface area contributed by atoms with E-state index in [1.807, 2.05) is 0 Å². The van der Waals surface area contributed by atoms with Gasteiger partial charge < -0.3 is 5.32 Å². The molecule has 1 aliphatic rings.